The Morgan fingerprint density at radius 2 is 1.81 bits per heavy atom. The van der Waals surface area contributed by atoms with Crippen LogP contribution in [0.5, 0.6) is 5.75 Å². The van der Waals surface area contributed by atoms with Crippen LogP contribution in [0.15, 0.2) is 60.2 Å². The van der Waals surface area contributed by atoms with Crippen molar-refractivity contribution >= 4 is 6.08 Å². The van der Waals surface area contributed by atoms with E-state index in [9.17, 15) is 5.11 Å². The van der Waals surface area contributed by atoms with Crippen LogP contribution in [0.1, 0.15) is 30.4 Å². The lowest BCUT2D eigenvalue weighted by atomic mass is 10.1. The Hall–Kier alpha value is -2.06. The van der Waals surface area contributed by atoms with Gasteiger partial charge < -0.3 is 9.84 Å². The van der Waals surface area contributed by atoms with E-state index in [0.717, 1.165) is 41.7 Å². The maximum atomic E-state index is 9.82. The van der Waals surface area contributed by atoms with Crippen molar-refractivity contribution in [2.45, 2.75) is 32.0 Å². The average molecular weight is 280 g/mol. The Labute approximate surface area is 125 Å². The minimum absolute atomic E-state index is 0.251. The van der Waals surface area contributed by atoms with Crippen LogP contribution in [0.25, 0.3) is 6.08 Å². The Balaban J connectivity index is 1.62. The van der Waals surface area contributed by atoms with Gasteiger partial charge in [-0.3, -0.25) is 0 Å². The third kappa shape index (κ3) is 3.73. The number of ether oxygens (including phenoxy) is 1. The Kier molecular flexibility index (Phi) is 4.37. The lowest BCUT2D eigenvalue weighted by molar-refractivity contribution is 0.219. The predicted octanol–water partition coefficient (Wildman–Crippen LogP) is 4.19. The molecule has 1 aliphatic rings. The van der Waals surface area contributed by atoms with Crippen molar-refractivity contribution in [2.75, 3.05) is 0 Å². The van der Waals surface area contributed by atoms with Crippen molar-refractivity contribution in [1.82, 2.24) is 0 Å². The lowest BCUT2D eigenvalue weighted by Gasteiger charge is -2.07. The zero-order chi connectivity index (χ0) is 14.5. The van der Waals surface area contributed by atoms with Crippen molar-refractivity contribution in [3.63, 3.8) is 0 Å². The smallest absolute Gasteiger partial charge is 0.119 e. The molecule has 1 N–H and O–H groups in total. The minimum Gasteiger partial charge on any atom is -0.489 e. The minimum atomic E-state index is -0.251. The molecule has 0 saturated heterocycles. The molecule has 2 aromatic carbocycles. The molecule has 0 aliphatic heterocycles. The van der Waals surface area contributed by atoms with E-state index in [4.69, 9.17) is 4.74 Å². The monoisotopic (exact) mass is 280 g/mol. The molecular weight excluding hydrogens is 260 g/mol. The van der Waals surface area contributed by atoms with Gasteiger partial charge in [-0.15, -0.1) is 0 Å². The molecule has 1 saturated carbocycles. The second-order valence-electron chi connectivity index (χ2n) is 5.47. The number of aliphatic hydroxyl groups is 1. The highest BCUT2D eigenvalue weighted by molar-refractivity contribution is 5.55. The molecule has 0 aromatic heterocycles. The zero-order valence-corrected chi connectivity index (χ0v) is 12.0. The molecule has 0 unspecified atom stereocenters. The van der Waals surface area contributed by atoms with Gasteiger partial charge in [0.25, 0.3) is 0 Å². The predicted molar refractivity (Wildman–Crippen MR) is 85.1 cm³/mol. The van der Waals surface area contributed by atoms with E-state index >= 15 is 0 Å². The van der Waals surface area contributed by atoms with Gasteiger partial charge in [0.2, 0.25) is 0 Å². The van der Waals surface area contributed by atoms with Gasteiger partial charge in [0, 0.05) is 0 Å². The summed E-state index contributed by atoms with van der Waals surface area (Å²) in [5, 5.41) is 9.82. The Bertz CT molecular complexity index is 599. The molecular formula is C19H20O2. The fourth-order valence-electron chi connectivity index (χ4n) is 2.64. The van der Waals surface area contributed by atoms with E-state index in [-0.39, 0.29) is 6.10 Å². The van der Waals surface area contributed by atoms with Gasteiger partial charge in [-0.05, 0) is 48.1 Å². The first-order chi connectivity index (χ1) is 10.3. The van der Waals surface area contributed by atoms with Crippen LogP contribution >= 0.6 is 0 Å². The van der Waals surface area contributed by atoms with Crippen LogP contribution in [0, 0.1) is 0 Å². The molecule has 2 heteroatoms. The molecule has 2 nitrogen and oxygen atoms in total. The van der Waals surface area contributed by atoms with Crippen molar-refractivity contribution in [1.29, 1.82) is 0 Å². The molecule has 1 atom stereocenters. The van der Waals surface area contributed by atoms with Crippen LogP contribution in [-0.2, 0) is 6.61 Å². The highest BCUT2D eigenvalue weighted by atomic mass is 16.5. The first kappa shape index (κ1) is 13.9. The van der Waals surface area contributed by atoms with Crippen molar-refractivity contribution < 1.29 is 9.84 Å². The maximum Gasteiger partial charge on any atom is 0.119 e. The molecule has 1 fully saturated rings. The van der Waals surface area contributed by atoms with Crippen LogP contribution in [0.4, 0.5) is 0 Å². The molecule has 3 rings (SSSR count). The molecule has 0 bridgehead atoms. The summed E-state index contributed by atoms with van der Waals surface area (Å²) in [4.78, 5) is 0. The van der Waals surface area contributed by atoms with E-state index in [1.165, 1.54) is 0 Å². The number of rotatable bonds is 4. The molecule has 2 aromatic rings. The molecule has 0 heterocycles. The second kappa shape index (κ2) is 6.59. The Morgan fingerprint density at radius 1 is 1.05 bits per heavy atom. The van der Waals surface area contributed by atoms with E-state index in [1.807, 2.05) is 42.5 Å². The number of aliphatic hydroxyl groups excluding tert-OH is 1. The summed E-state index contributed by atoms with van der Waals surface area (Å²) < 4.78 is 5.77. The van der Waals surface area contributed by atoms with Crippen molar-refractivity contribution in [3.05, 3.63) is 71.3 Å². The fraction of sp³-hybridized carbons (Fsp3) is 0.263. The lowest BCUT2D eigenvalue weighted by Crippen LogP contribution is -2.00. The third-order valence-electron chi connectivity index (χ3n) is 3.85. The normalized spacial score (nSPS) is 19.9. The van der Waals surface area contributed by atoms with Crippen LogP contribution in [0.3, 0.4) is 0 Å². The molecule has 21 heavy (non-hydrogen) atoms. The summed E-state index contributed by atoms with van der Waals surface area (Å²) in [6.07, 6.45) is 4.83. The topological polar surface area (TPSA) is 29.5 Å². The van der Waals surface area contributed by atoms with Gasteiger partial charge in [0.05, 0.1) is 6.10 Å². The van der Waals surface area contributed by atoms with Gasteiger partial charge in [-0.1, -0.05) is 48.5 Å². The summed E-state index contributed by atoms with van der Waals surface area (Å²) >= 11 is 0. The maximum absolute atomic E-state index is 9.82. The van der Waals surface area contributed by atoms with Gasteiger partial charge in [0.15, 0.2) is 0 Å². The highest BCUT2D eigenvalue weighted by Gasteiger charge is 2.17. The third-order valence-corrected chi connectivity index (χ3v) is 3.85. The highest BCUT2D eigenvalue weighted by Crippen LogP contribution is 2.27. The molecule has 0 spiro atoms. The number of benzene rings is 2. The SMILES string of the molecule is O[C@@H]1CCC/C1=C/c1ccc(OCc2ccccc2)cc1. The summed E-state index contributed by atoms with van der Waals surface area (Å²) in [7, 11) is 0. The largest absolute Gasteiger partial charge is 0.489 e. The summed E-state index contributed by atoms with van der Waals surface area (Å²) in [6.45, 7) is 0.583. The van der Waals surface area contributed by atoms with E-state index < -0.39 is 0 Å². The van der Waals surface area contributed by atoms with E-state index in [2.05, 4.69) is 18.2 Å². The van der Waals surface area contributed by atoms with Crippen LogP contribution in [0.2, 0.25) is 0 Å². The quantitative estimate of drug-likeness (QED) is 0.909. The zero-order valence-electron chi connectivity index (χ0n) is 12.0. The van der Waals surface area contributed by atoms with Crippen molar-refractivity contribution in [2.24, 2.45) is 0 Å². The molecule has 0 amide bonds. The standard InChI is InChI=1S/C19H20O2/c20-19-8-4-7-17(19)13-15-9-11-18(12-10-15)21-14-16-5-2-1-3-6-16/h1-3,5-6,9-13,19-20H,4,7-8,14H2/b17-13-/t19-/m1/s1. The van der Waals surface area contributed by atoms with E-state index in [0.29, 0.717) is 6.61 Å². The van der Waals surface area contributed by atoms with Crippen LogP contribution < -0.4 is 4.74 Å². The molecule has 0 radical (unpaired) electrons. The summed E-state index contributed by atoms with van der Waals surface area (Å²) in [6, 6.07) is 18.2. The van der Waals surface area contributed by atoms with Gasteiger partial charge in [0.1, 0.15) is 12.4 Å². The van der Waals surface area contributed by atoms with Gasteiger partial charge in [-0.25, -0.2) is 0 Å². The second-order valence-corrected chi connectivity index (χ2v) is 5.47. The first-order valence-corrected chi connectivity index (χ1v) is 7.46. The number of hydrogen-bond donors (Lipinski definition) is 1. The number of hydrogen-bond acceptors (Lipinski definition) is 2. The summed E-state index contributed by atoms with van der Waals surface area (Å²) in [5.74, 6) is 0.868. The molecule has 1 aliphatic carbocycles. The Morgan fingerprint density at radius 3 is 2.48 bits per heavy atom. The van der Waals surface area contributed by atoms with Gasteiger partial charge in [-0.2, -0.15) is 0 Å². The van der Waals surface area contributed by atoms with E-state index in [1.54, 1.807) is 0 Å². The van der Waals surface area contributed by atoms with Crippen LogP contribution in [-0.4, -0.2) is 11.2 Å². The summed E-state index contributed by atoms with van der Waals surface area (Å²) in [5.41, 5.74) is 3.43. The first-order valence-electron chi connectivity index (χ1n) is 7.46. The average Bonchev–Trinajstić information content (AvgIpc) is 2.93. The fourth-order valence-corrected chi connectivity index (χ4v) is 2.64. The van der Waals surface area contributed by atoms with Crippen molar-refractivity contribution in [3.8, 4) is 5.75 Å². The molecule has 108 valence electrons. The van der Waals surface area contributed by atoms with Gasteiger partial charge >= 0.3 is 0 Å².